The Hall–Kier alpha value is -1.75. The third-order valence-corrected chi connectivity index (χ3v) is 3.40. The smallest absolute Gasteiger partial charge is 0.307 e. The molecule has 2 rings (SSSR count). The van der Waals surface area contributed by atoms with Crippen LogP contribution in [0.25, 0.3) is 0 Å². The number of methoxy groups -OCH3 is 1. The highest BCUT2D eigenvalue weighted by Gasteiger charge is 2.31. The maximum Gasteiger partial charge on any atom is 0.307 e. The fourth-order valence-electron chi connectivity index (χ4n) is 2.30. The van der Waals surface area contributed by atoms with E-state index in [1.54, 1.807) is 26.2 Å². The Bertz CT molecular complexity index is 472. The molecule has 1 fully saturated rings. The van der Waals surface area contributed by atoms with Crippen molar-refractivity contribution in [3.63, 3.8) is 0 Å². The molecule has 5 nitrogen and oxygen atoms in total. The summed E-state index contributed by atoms with van der Waals surface area (Å²) >= 11 is 0. The molecular formula is C13H17NO4. The molecule has 0 bridgehead atoms. The van der Waals surface area contributed by atoms with Crippen molar-refractivity contribution >= 4 is 5.97 Å². The summed E-state index contributed by atoms with van der Waals surface area (Å²) in [7, 11) is 1.57. The van der Waals surface area contributed by atoms with E-state index >= 15 is 0 Å². The lowest BCUT2D eigenvalue weighted by atomic mass is 9.98. The number of ether oxygens (including phenoxy) is 1. The number of aliphatic carboxylic acids is 1. The Labute approximate surface area is 105 Å². The zero-order chi connectivity index (χ0) is 13.3. The Morgan fingerprint density at radius 3 is 2.78 bits per heavy atom. The lowest BCUT2D eigenvalue weighted by Crippen LogP contribution is -2.17. The highest BCUT2D eigenvalue weighted by Crippen LogP contribution is 2.36. The number of hydrogen-bond acceptors (Lipinski definition) is 4. The Kier molecular flexibility index (Phi) is 3.43. The molecule has 98 valence electrons. The van der Waals surface area contributed by atoms with Crippen molar-refractivity contribution in [2.45, 2.75) is 19.4 Å². The first-order valence-corrected chi connectivity index (χ1v) is 5.86. The second-order valence-electron chi connectivity index (χ2n) is 4.61. The molecule has 2 atom stereocenters. The molecule has 0 spiro atoms. The lowest BCUT2D eigenvalue weighted by Gasteiger charge is -2.16. The van der Waals surface area contributed by atoms with Crippen LogP contribution in [0.1, 0.15) is 23.6 Å². The van der Waals surface area contributed by atoms with Gasteiger partial charge in [-0.15, -0.1) is 0 Å². The van der Waals surface area contributed by atoms with Gasteiger partial charge in [-0.2, -0.15) is 0 Å². The van der Waals surface area contributed by atoms with Crippen LogP contribution in [0.2, 0.25) is 0 Å². The highest BCUT2D eigenvalue weighted by atomic mass is 16.5. The number of hydrogen-bond donors (Lipinski definition) is 3. The van der Waals surface area contributed by atoms with Crippen LogP contribution in [0.3, 0.4) is 0 Å². The molecule has 2 unspecified atom stereocenters. The van der Waals surface area contributed by atoms with E-state index in [9.17, 15) is 9.90 Å². The number of benzene rings is 1. The zero-order valence-electron chi connectivity index (χ0n) is 10.4. The molecular weight excluding hydrogens is 234 g/mol. The quantitative estimate of drug-likeness (QED) is 0.757. The van der Waals surface area contributed by atoms with E-state index in [4.69, 9.17) is 9.84 Å². The number of carbonyl (C=O) groups is 1. The van der Waals surface area contributed by atoms with Crippen molar-refractivity contribution in [1.82, 2.24) is 5.32 Å². The average Bonchev–Trinajstić information content (AvgIpc) is 2.81. The van der Waals surface area contributed by atoms with Gasteiger partial charge >= 0.3 is 5.97 Å². The van der Waals surface area contributed by atoms with Gasteiger partial charge in [0.25, 0.3) is 0 Å². The van der Waals surface area contributed by atoms with Crippen LogP contribution in [-0.2, 0) is 4.79 Å². The molecule has 1 aliphatic heterocycles. The van der Waals surface area contributed by atoms with Crippen molar-refractivity contribution in [2.24, 2.45) is 5.92 Å². The number of aromatic hydroxyl groups is 1. The van der Waals surface area contributed by atoms with Crippen LogP contribution in [0.4, 0.5) is 0 Å². The topological polar surface area (TPSA) is 78.8 Å². The third-order valence-electron chi connectivity index (χ3n) is 3.40. The molecule has 1 heterocycles. The highest BCUT2D eigenvalue weighted by molar-refractivity contribution is 5.71. The number of phenols is 1. The summed E-state index contributed by atoms with van der Waals surface area (Å²) in [6.45, 7) is 2.24. The van der Waals surface area contributed by atoms with Crippen LogP contribution < -0.4 is 10.1 Å². The van der Waals surface area contributed by atoms with Crippen molar-refractivity contribution in [2.75, 3.05) is 13.7 Å². The summed E-state index contributed by atoms with van der Waals surface area (Å²) in [6.07, 6.45) is 0.508. The molecule has 1 aliphatic rings. The van der Waals surface area contributed by atoms with Gasteiger partial charge in [0, 0.05) is 18.2 Å². The first kappa shape index (κ1) is 12.7. The number of aryl methyl sites for hydroxylation is 1. The van der Waals surface area contributed by atoms with E-state index in [1.807, 2.05) is 0 Å². The van der Waals surface area contributed by atoms with Crippen LogP contribution >= 0.6 is 0 Å². The summed E-state index contributed by atoms with van der Waals surface area (Å²) in [6, 6.07) is 3.32. The summed E-state index contributed by atoms with van der Waals surface area (Å²) in [5.74, 6) is -0.302. The number of carboxylic acids is 1. The standard InChI is InChI=1S/C13H17NO4/c1-7-3-12(18-2)9(5-11(7)15)10-4-8(6-14-10)13(16)17/h3,5,8,10,14-15H,4,6H2,1-2H3,(H,16,17). The first-order valence-electron chi connectivity index (χ1n) is 5.86. The molecule has 5 heteroatoms. The van der Waals surface area contributed by atoms with Crippen molar-refractivity contribution in [3.05, 3.63) is 23.3 Å². The number of carboxylic acid groups (broad SMARTS) is 1. The second-order valence-corrected chi connectivity index (χ2v) is 4.61. The Morgan fingerprint density at radius 2 is 2.22 bits per heavy atom. The van der Waals surface area contributed by atoms with Crippen LogP contribution in [0.5, 0.6) is 11.5 Å². The SMILES string of the molecule is COc1cc(C)c(O)cc1C1CC(C(=O)O)CN1. The molecule has 1 aromatic rings. The minimum atomic E-state index is -0.791. The van der Waals surface area contributed by atoms with Crippen molar-refractivity contribution in [3.8, 4) is 11.5 Å². The minimum Gasteiger partial charge on any atom is -0.508 e. The largest absolute Gasteiger partial charge is 0.508 e. The summed E-state index contributed by atoms with van der Waals surface area (Å²) in [4.78, 5) is 10.9. The van der Waals surface area contributed by atoms with Gasteiger partial charge in [-0.05, 0) is 31.0 Å². The summed E-state index contributed by atoms with van der Waals surface area (Å²) in [5, 5.41) is 21.9. The summed E-state index contributed by atoms with van der Waals surface area (Å²) < 4.78 is 5.29. The molecule has 18 heavy (non-hydrogen) atoms. The van der Waals surface area contributed by atoms with Crippen molar-refractivity contribution in [1.29, 1.82) is 0 Å². The van der Waals surface area contributed by atoms with Crippen LogP contribution in [-0.4, -0.2) is 29.8 Å². The molecule has 0 saturated carbocycles. The molecule has 3 N–H and O–H groups in total. The average molecular weight is 251 g/mol. The molecule has 1 aromatic carbocycles. The lowest BCUT2D eigenvalue weighted by molar-refractivity contribution is -0.141. The minimum absolute atomic E-state index is 0.0902. The van der Waals surface area contributed by atoms with Gasteiger partial charge in [-0.3, -0.25) is 4.79 Å². The van der Waals surface area contributed by atoms with Crippen LogP contribution in [0, 0.1) is 12.8 Å². The maximum atomic E-state index is 10.9. The molecule has 0 aliphatic carbocycles. The van der Waals surface area contributed by atoms with E-state index in [-0.39, 0.29) is 17.7 Å². The van der Waals surface area contributed by atoms with Gasteiger partial charge in [0.2, 0.25) is 0 Å². The molecule has 0 radical (unpaired) electrons. The second kappa shape index (κ2) is 4.86. The fourth-order valence-corrected chi connectivity index (χ4v) is 2.30. The van der Waals surface area contributed by atoms with E-state index in [1.165, 1.54) is 0 Å². The van der Waals surface area contributed by atoms with E-state index in [0.29, 0.717) is 18.7 Å². The molecule has 0 amide bonds. The Morgan fingerprint density at radius 1 is 1.50 bits per heavy atom. The first-order chi connectivity index (χ1) is 8.52. The van der Waals surface area contributed by atoms with Gasteiger partial charge in [-0.1, -0.05) is 0 Å². The van der Waals surface area contributed by atoms with E-state index in [2.05, 4.69) is 5.32 Å². The van der Waals surface area contributed by atoms with Crippen molar-refractivity contribution < 1.29 is 19.7 Å². The fraction of sp³-hybridized carbons (Fsp3) is 0.462. The van der Waals surface area contributed by atoms with Crippen LogP contribution in [0.15, 0.2) is 12.1 Å². The van der Waals surface area contributed by atoms with Gasteiger partial charge in [0.05, 0.1) is 13.0 Å². The number of rotatable bonds is 3. The van der Waals surface area contributed by atoms with Gasteiger partial charge in [0.15, 0.2) is 0 Å². The number of nitrogens with one attached hydrogen (secondary N) is 1. The predicted octanol–water partition coefficient (Wildman–Crippen LogP) is 1.44. The van der Waals surface area contributed by atoms with E-state index in [0.717, 1.165) is 11.1 Å². The van der Waals surface area contributed by atoms with Gasteiger partial charge < -0.3 is 20.3 Å². The maximum absolute atomic E-state index is 10.9. The van der Waals surface area contributed by atoms with E-state index < -0.39 is 5.97 Å². The normalized spacial score (nSPS) is 23.0. The molecule has 1 saturated heterocycles. The molecule has 0 aromatic heterocycles. The van der Waals surface area contributed by atoms with Gasteiger partial charge in [0.1, 0.15) is 11.5 Å². The van der Waals surface area contributed by atoms with Gasteiger partial charge in [-0.25, -0.2) is 0 Å². The Balaban J connectivity index is 2.29. The zero-order valence-corrected chi connectivity index (χ0v) is 10.4. The number of phenolic OH excluding ortho intramolecular Hbond substituents is 1. The summed E-state index contributed by atoms with van der Waals surface area (Å²) in [5.41, 5.74) is 1.55. The monoisotopic (exact) mass is 251 g/mol. The third kappa shape index (κ3) is 2.26. The predicted molar refractivity (Wildman–Crippen MR) is 65.9 cm³/mol.